The molecule has 5 heteroatoms. The molecule has 0 radical (unpaired) electrons. The lowest BCUT2D eigenvalue weighted by atomic mass is 10.1. The van der Waals surface area contributed by atoms with Gasteiger partial charge >= 0.3 is 5.97 Å². The highest BCUT2D eigenvalue weighted by molar-refractivity contribution is 5.95. The van der Waals surface area contributed by atoms with Crippen molar-refractivity contribution in [3.63, 3.8) is 0 Å². The number of nitrogens with one attached hydrogen (secondary N) is 1. The van der Waals surface area contributed by atoms with Gasteiger partial charge in [-0.2, -0.15) is 0 Å². The Morgan fingerprint density at radius 2 is 2.25 bits per heavy atom. The number of carboxylic acid groups (broad SMARTS) is 1. The highest BCUT2D eigenvalue weighted by atomic mass is 16.5. The molecule has 1 amide bonds. The molecule has 2 rings (SSSR count). The molecule has 2 unspecified atom stereocenters. The van der Waals surface area contributed by atoms with Crippen LogP contribution < -0.4 is 5.32 Å². The zero-order valence-electron chi connectivity index (χ0n) is 11.2. The van der Waals surface area contributed by atoms with Gasteiger partial charge in [0.05, 0.1) is 12.1 Å². The van der Waals surface area contributed by atoms with Crippen LogP contribution in [0.1, 0.15) is 29.3 Å². The van der Waals surface area contributed by atoms with Crippen molar-refractivity contribution in [2.75, 3.05) is 6.61 Å². The van der Waals surface area contributed by atoms with Crippen LogP contribution in [-0.2, 0) is 9.53 Å². The number of rotatable bonds is 4. The quantitative estimate of drug-likeness (QED) is 0.820. The number of hydrogen-bond donors (Lipinski definition) is 2. The zero-order chi connectivity index (χ0) is 14.5. The van der Waals surface area contributed by atoms with Gasteiger partial charge in [0, 0.05) is 18.2 Å². The average molecular weight is 275 g/mol. The summed E-state index contributed by atoms with van der Waals surface area (Å²) in [4.78, 5) is 22.6. The predicted octanol–water partition coefficient (Wildman–Crippen LogP) is 1.69. The number of carbonyl (C=O) groups is 2. The number of amides is 1. The van der Waals surface area contributed by atoms with Crippen molar-refractivity contribution in [3.8, 4) is 0 Å². The average Bonchev–Trinajstić information content (AvgIpc) is 2.82. The van der Waals surface area contributed by atoms with Crippen LogP contribution >= 0.6 is 0 Å². The van der Waals surface area contributed by atoms with E-state index in [0.29, 0.717) is 17.7 Å². The monoisotopic (exact) mass is 275 g/mol. The van der Waals surface area contributed by atoms with Gasteiger partial charge in [-0.1, -0.05) is 12.1 Å². The molecular formula is C15H17NO4. The normalized spacial score (nSPS) is 22.1. The van der Waals surface area contributed by atoms with Gasteiger partial charge in [-0.15, -0.1) is 0 Å². The van der Waals surface area contributed by atoms with Gasteiger partial charge in [-0.25, -0.2) is 4.79 Å². The Bertz CT molecular complexity index is 538. The SMILES string of the molecule is CC1OCCC1NC(=O)c1cccc(/C=C/C(=O)O)c1. The summed E-state index contributed by atoms with van der Waals surface area (Å²) < 4.78 is 5.40. The van der Waals surface area contributed by atoms with Crippen LogP contribution in [0.25, 0.3) is 6.08 Å². The predicted molar refractivity (Wildman–Crippen MR) is 74.4 cm³/mol. The van der Waals surface area contributed by atoms with Crippen LogP contribution in [0.2, 0.25) is 0 Å². The molecule has 1 aliphatic rings. The fraction of sp³-hybridized carbons (Fsp3) is 0.333. The lowest BCUT2D eigenvalue weighted by molar-refractivity contribution is -0.131. The third-order valence-electron chi connectivity index (χ3n) is 3.26. The minimum absolute atomic E-state index is 0.0223. The van der Waals surface area contributed by atoms with Gasteiger partial charge in [0.1, 0.15) is 0 Å². The highest BCUT2D eigenvalue weighted by Crippen LogP contribution is 2.14. The summed E-state index contributed by atoms with van der Waals surface area (Å²) >= 11 is 0. The minimum Gasteiger partial charge on any atom is -0.478 e. The van der Waals surface area contributed by atoms with Gasteiger partial charge in [0.25, 0.3) is 5.91 Å². The van der Waals surface area contributed by atoms with Gasteiger partial charge in [-0.05, 0) is 37.1 Å². The maximum Gasteiger partial charge on any atom is 0.328 e. The Morgan fingerprint density at radius 1 is 1.45 bits per heavy atom. The van der Waals surface area contributed by atoms with Crippen LogP contribution in [0.5, 0.6) is 0 Å². The van der Waals surface area contributed by atoms with E-state index in [1.165, 1.54) is 6.08 Å². The van der Waals surface area contributed by atoms with Crippen molar-refractivity contribution in [1.82, 2.24) is 5.32 Å². The fourth-order valence-electron chi connectivity index (χ4n) is 2.12. The maximum atomic E-state index is 12.1. The molecule has 1 saturated heterocycles. The summed E-state index contributed by atoms with van der Waals surface area (Å²) in [6.45, 7) is 2.59. The molecule has 0 spiro atoms. The van der Waals surface area contributed by atoms with Crippen LogP contribution in [0.3, 0.4) is 0 Å². The maximum absolute atomic E-state index is 12.1. The Balaban J connectivity index is 2.06. The van der Waals surface area contributed by atoms with E-state index >= 15 is 0 Å². The lowest BCUT2D eigenvalue weighted by Crippen LogP contribution is -2.39. The summed E-state index contributed by atoms with van der Waals surface area (Å²) in [5.74, 6) is -1.19. The first-order valence-electron chi connectivity index (χ1n) is 6.50. The number of benzene rings is 1. The van der Waals surface area contributed by atoms with E-state index in [1.807, 2.05) is 6.92 Å². The van der Waals surface area contributed by atoms with E-state index in [1.54, 1.807) is 24.3 Å². The molecule has 0 bridgehead atoms. The molecule has 0 saturated carbocycles. The van der Waals surface area contributed by atoms with Crippen molar-refractivity contribution >= 4 is 18.0 Å². The summed E-state index contributed by atoms with van der Waals surface area (Å²) in [5.41, 5.74) is 1.19. The first kappa shape index (κ1) is 14.3. The van der Waals surface area contributed by atoms with E-state index in [2.05, 4.69) is 5.32 Å². The van der Waals surface area contributed by atoms with Gasteiger partial charge in [0.2, 0.25) is 0 Å². The van der Waals surface area contributed by atoms with E-state index in [-0.39, 0.29) is 18.1 Å². The second kappa shape index (κ2) is 6.34. The van der Waals surface area contributed by atoms with Crippen LogP contribution in [-0.4, -0.2) is 35.7 Å². The Kier molecular flexibility index (Phi) is 4.53. The van der Waals surface area contributed by atoms with E-state index in [0.717, 1.165) is 12.5 Å². The second-order valence-electron chi connectivity index (χ2n) is 4.74. The molecule has 20 heavy (non-hydrogen) atoms. The van der Waals surface area contributed by atoms with Crippen molar-refractivity contribution < 1.29 is 19.4 Å². The van der Waals surface area contributed by atoms with Crippen molar-refractivity contribution in [2.24, 2.45) is 0 Å². The summed E-state index contributed by atoms with van der Waals surface area (Å²) in [7, 11) is 0. The van der Waals surface area contributed by atoms with E-state index < -0.39 is 5.97 Å². The summed E-state index contributed by atoms with van der Waals surface area (Å²) in [6, 6.07) is 6.87. The number of carbonyl (C=O) groups excluding carboxylic acids is 1. The molecule has 2 N–H and O–H groups in total. The van der Waals surface area contributed by atoms with Crippen LogP contribution in [0, 0.1) is 0 Å². The topological polar surface area (TPSA) is 75.6 Å². The van der Waals surface area contributed by atoms with Gasteiger partial charge < -0.3 is 15.2 Å². The first-order valence-corrected chi connectivity index (χ1v) is 6.50. The Labute approximate surface area is 117 Å². The standard InChI is InChI=1S/C15H17NO4/c1-10-13(7-8-20-10)16-15(19)12-4-2-3-11(9-12)5-6-14(17)18/h2-6,9-10,13H,7-8H2,1H3,(H,16,19)(H,17,18)/b6-5+. The molecule has 1 fully saturated rings. The molecular weight excluding hydrogens is 258 g/mol. The number of carboxylic acids is 1. The van der Waals surface area contributed by atoms with Crippen LogP contribution in [0.4, 0.5) is 0 Å². The van der Waals surface area contributed by atoms with E-state index in [9.17, 15) is 9.59 Å². The van der Waals surface area contributed by atoms with E-state index in [4.69, 9.17) is 9.84 Å². The van der Waals surface area contributed by atoms with Crippen molar-refractivity contribution in [1.29, 1.82) is 0 Å². The smallest absolute Gasteiger partial charge is 0.328 e. The Hall–Kier alpha value is -2.14. The lowest BCUT2D eigenvalue weighted by Gasteiger charge is -2.16. The molecule has 1 heterocycles. The Morgan fingerprint density at radius 3 is 2.90 bits per heavy atom. The molecule has 1 aromatic carbocycles. The molecule has 5 nitrogen and oxygen atoms in total. The van der Waals surface area contributed by atoms with Gasteiger partial charge in [-0.3, -0.25) is 4.79 Å². The fourth-order valence-corrected chi connectivity index (χ4v) is 2.12. The third-order valence-corrected chi connectivity index (χ3v) is 3.26. The molecule has 1 aromatic rings. The number of ether oxygens (including phenoxy) is 1. The van der Waals surface area contributed by atoms with Crippen LogP contribution in [0.15, 0.2) is 30.3 Å². The first-order chi connectivity index (χ1) is 9.56. The molecule has 106 valence electrons. The van der Waals surface area contributed by atoms with Crippen molar-refractivity contribution in [3.05, 3.63) is 41.5 Å². The molecule has 1 aliphatic heterocycles. The van der Waals surface area contributed by atoms with Crippen molar-refractivity contribution in [2.45, 2.75) is 25.5 Å². The second-order valence-corrected chi connectivity index (χ2v) is 4.74. The zero-order valence-corrected chi connectivity index (χ0v) is 11.2. The number of hydrogen-bond acceptors (Lipinski definition) is 3. The van der Waals surface area contributed by atoms with Gasteiger partial charge in [0.15, 0.2) is 0 Å². The number of aliphatic carboxylic acids is 1. The summed E-state index contributed by atoms with van der Waals surface area (Å²) in [5, 5.41) is 11.5. The highest BCUT2D eigenvalue weighted by Gasteiger charge is 2.25. The summed E-state index contributed by atoms with van der Waals surface area (Å²) in [6.07, 6.45) is 3.34. The molecule has 0 aromatic heterocycles. The molecule has 0 aliphatic carbocycles. The third kappa shape index (κ3) is 3.68. The molecule has 2 atom stereocenters. The minimum atomic E-state index is -1.02. The largest absolute Gasteiger partial charge is 0.478 e.